The average Bonchev–Trinajstić information content (AvgIpc) is 3.20. The number of rotatable bonds is 10. The van der Waals surface area contributed by atoms with Crippen LogP contribution in [0, 0.1) is 0 Å². The number of imidazole rings is 1. The van der Waals surface area contributed by atoms with Crippen LogP contribution in [0.25, 0.3) is 0 Å². The van der Waals surface area contributed by atoms with Gasteiger partial charge in [-0.15, -0.1) is 0 Å². The monoisotopic (exact) mass is 422 g/mol. The van der Waals surface area contributed by atoms with Gasteiger partial charge in [0.05, 0.1) is 0 Å². The van der Waals surface area contributed by atoms with Crippen LogP contribution in [-0.4, -0.2) is 43.0 Å². The number of unbranched alkanes of at least 4 members (excludes halogenated alkanes) is 2. The molecule has 0 aliphatic heterocycles. The van der Waals surface area contributed by atoms with Gasteiger partial charge in [-0.05, 0) is 12.5 Å². The number of aryl methyl sites for hydroxylation is 1. The lowest BCUT2D eigenvalue weighted by Gasteiger charge is -2.18. The van der Waals surface area contributed by atoms with E-state index >= 15 is 0 Å². The Hall–Kier alpha value is -3.75. The Labute approximate surface area is 181 Å². The molecule has 1 aromatic carbocycles. The number of oxime groups is 1. The van der Waals surface area contributed by atoms with Gasteiger partial charge in [0, 0.05) is 37.7 Å². The fraction of sp³-hybridized carbons (Fsp3) is 0.318. The van der Waals surface area contributed by atoms with Crippen LogP contribution in [0.5, 0.6) is 0 Å². The molecule has 3 rings (SSSR count). The third-order valence-electron chi connectivity index (χ3n) is 4.61. The van der Waals surface area contributed by atoms with Gasteiger partial charge in [0.1, 0.15) is 5.82 Å². The fourth-order valence-corrected chi connectivity index (χ4v) is 3.00. The highest BCUT2D eigenvalue weighted by atomic mass is 16.6. The minimum Gasteiger partial charge on any atom is -0.465 e. The van der Waals surface area contributed by atoms with Crippen LogP contribution in [0.2, 0.25) is 0 Å². The lowest BCUT2D eigenvalue weighted by atomic mass is 10.1. The lowest BCUT2D eigenvalue weighted by molar-refractivity contribution is 0.125. The molecule has 31 heavy (non-hydrogen) atoms. The summed E-state index contributed by atoms with van der Waals surface area (Å²) in [5.41, 5.74) is 1.44. The number of carbonyl (C=O) groups is 1. The third-order valence-corrected chi connectivity index (χ3v) is 4.61. The zero-order valence-corrected chi connectivity index (χ0v) is 17.7. The van der Waals surface area contributed by atoms with Crippen LogP contribution in [0.3, 0.4) is 0 Å². The average molecular weight is 422 g/mol. The van der Waals surface area contributed by atoms with Crippen molar-refractivity contribution in [2.24, 2.45) is 12.2 Å². The molecule has 0 aliphatic carbocycles. The highest BCUT2D eigenvalue weighted by molar-refractivity contribution is 6.10. The van der Waals surface area contributed by atoms with Crippen LogP contribution in [0.1, 0.15) is 43.4 Å². The molecule has 1 amide bonds. The van der Waals surface area contributed by atoms with Crippen LogP contribution >= 0.6 is 0 Å². The number of benzene rings is 1. The molecule has 9 nitrogen and oxygen atoms in total. The molecule has 1 N–H and O–H groups in total. The molecule has 0 aliphatic rings. The summed E-state index contributed by atoms with van der Waals surface area (Å²) in [7, 11) is 1.88. The largest absolute Gasteiger partial charge is 0.465 e. The minimum absolute atomic E-state index is 0.00296. The molecule has 0 fully saturated rings. The standard InChI is InChI=1S/C22H26N6O3/c1-3-4-8-14-28(22(29)30)19-11-12-23-18(25-19)16-31-26-20(17-9-6-5-7-10-17)21-24-13-15-27(21)2/h5-7,9-13,15H,3-4,8,14,16H2,1-2H3,(H,29,30). The maximum absolute atomic E-state index is 11.6. The van der Waals surface area contributed by atoms with Gasteiger partial charge in [0.15, 0.2) is 24.0 Å². The van der Waals surface area contributed by atoms with E-state index in [1.165, 1.54) is 11.1 Å². The van der Waals surface area contributed by atoms with Crippen molar-refractivity contribution in [1.82, 2.24) is 19.5 Å². The van der Waals surface area contributed by atoms with Gasteiger partial charge < -0.3 is 14.5 Å². The van der Waals surface area contributed by atoms with Gasteiger partial charge in [0.2, 0.25) is 0 Å². The Bertz CT molecular complexity index is 1020. The van der Waals surface area contributed by atoms with E-state index in [4.69, 9.17) is 4.84 Å². The third kappa shape index (κ3) is 5.88. The zero-order valence-electron chi connectivity index (χ0n) is 17.7. The fourth-order valence-electron chi connectivity index (χ4n) is 3.00. The van der Waals surface area contributed by atoms with Gasteiger partial charge in [-0.3, -0.25) is 4.90 Å². The molecule has 0 saturated carbocycles. The van der Waals surface area contributed by atoms with Crippen molar-refractivity contribution in [3.05, 3.63) is 72.2 Å². The molecule has 9 heteroatoms. The van der Waals surface area contributed by atoms with Gasteiger partial charge in [-0.2, -0.15) is 0 Å². The van der Waals surface area contributed by atoms with E-state index in [2.05, 4.69) is 27.0 Å². The van der Waals surface area contributed by atoms with Gasteiger partial charge in [-0.1, -0.05) is 55.3 Å². The summed E-state index contributed by atoms with van der Waals surface area (Å²) in [5.74, 6) is 1.33. The molecule has 2 heterocycles. The van der Waals surface area contributed by atoms with E-state index in [1.54, 1.807) is 12.3 Å². The SMILES string of the molecule is CCCCCN(C(=O)O)c1ccnc(CON=C(c2ccccc2)c2nccn2C)n1. The number of amides is 1. The first-order valence-electron chi connectivity index (χ1n) is 10.2. The van der Waals surface area contributed by atoms with E-state index in [1.807, 2.05) is 48.1 Å². The second-order valence-corrected chi connectivity index (χ2v) is 6.91. The molecular formula is C22H26N6O3. The Morgan fingerprint density at radius 3 is 2.65 bits per heavy atom. The summed E-state index contributed by atoms with van der Waals surface area (Å²) < 4.78 is 1.85. The van der Waals surface area contributed by atoms with Crippen molar-refractivity contribution in [3.8, 4) is 0 Å². The van der Waals surface area contributed by atoms with Gasteiger partial charge in [-0.25, -0.2) is 19.7 Å². The number of hydrogen-bond acceptors (Lipinski definition) is 6. The first-order valence-corrected chi connectivity index (χ1v) is 10.2. The highest BCUT2D eigenvalue weighted by Gasteiger charge is 2.16. The Morgan fingerprint density at radius 1 is 1.16 bits per heavy atom. The molecular weight excluding hydrogens is 396 g/mol. The van der Waals surface area contributed by atoms with Crippen LogP contribution in [0.4, 0.5) is 10.6 Å². The molecule has 3 aromatic rings. The molecule has 0 spiro atoms. The Morgan fingerprint density at radius 2 is 1.97 bits per heavy atom. The van der Waals surface area contributed by atoms with E-state index in [-0.39, 0.29) is 6.61 Å². The number of nitrogens with zero attached hydrogens (tertiary/aromatic N) is 6. The molecule has 2 aromatic heterocycles. The lowest BCUT2D eigenvalue weighted by Crippen LogP contribution is -2.31. The number of hydrogen-bond donors (Lipinski definition) is 1. The van der Waals surface area contributed by atoms with Crippen molar-refractivity contribution < 1.29 is 14.7 Å². The predicted octanol–water partition coefficient (Wildman–Crippen LogP) is 3.85. The maximum atomic E-state index is 11.6. The first kappa shape index (κ1) is 21.9. The normalized spacial score (nSPS) is 11.4. The van der Waals surface area contributed by atoms with Crippen LogP contribution in [0.15, 0.2) is 60.1 Å². The smallest absolute Gasteiger partial charge is 0.413 e. The molecule has 0 atom stereocenters. The van der Waals surface area contributed by atoms with Crippen molar-refractivity contribution >= 4 is 17.6 Å². The molecule has 162 valence electrons. The summed E-state index contributed by atoms with van der Waals surface area (Å²) in [5, 5.41) is 13.8. The Kier molecular flexibility index (Phi) is 7.69. The number of aromatic nitrogens is 4. The molecule has 0 unspecified atom stereocenters. The summed E-state index contributed by atoms with van der Waals surface area (Å²) in [6.07, 6.45) is 6.74. The molecule has 0 bridgehead atoms. The molecule has 0 saturated heterocycles. The summed E-state index contributed by atoms with van der Waals surface area (Å²) in [4.78, 5) is 31.3. The highest BCUT2D eigenvalue weighted by Crippen LogP contribution is 2.14. The summed E-state index contributed by atoms with van der Waals surface area (Å²) in [6, 6.07) is 11.2. The van der Waals surface area contributed by atoms with Gasteiger partial charge in [0.25, 0.3) is 0 Å². The van der Waals surface area contributed by atoms with Gasteiger partial charge >= 0.3 is 6.09 Å². The molecule has 0 radical (unpaired) electrons. The topological polar surface area (TPSA) is 106 Å². The van der Waals surface area contributed by atoms with E-state index in [0.29, 0.717) is 29.7 Å². The van der Waals surface area contributed by atoms with Crippen molar-refractivity contribution in [1.29, 1.82) is 0 Å². The predicted molar refractivity (Wildman–Crippen MR) is 117 cm³/mol. The minimum atomic E-state index is -1.04. The van der Waals surface area contributed by atoms with E-state index < -0.39 is 6.09 Å². The van der Waals surface area contributed by atoms with Crippen LogP contribution in [-0.2, 0) is 18.5 Å². The zero-order chi connectivity index (χ0) is 22.1. The maximum Gasteiger partial charge on any atom is 0.413 e. The van der Waals surface area contributed by atoms with Crippen molar-refractivity contribution in [2.75, 3.05) is 11.4 Å². The second kappa shape index (κ2) is 10.9. The first-order chi connectivity index (χ1) is 15.1. The van der Waals surface area contributed by atoms with Crippen molar-refractivity contribution in [3.63, 3.8) is 0 Å². The number of anilines is 1. The summed E-state index contributed by atoms with van der Waals surface area (Å²) in [6.45, 7) is 2.45. The number of carboxylic acid groups (broad SMARTS) is 1. The van der Waals surface area contributed by atoms with Crippen LogP contribution < -0.4 is 4.90 Å². The van der Waals surface area contributed by atoms with E-state index in [9.17, 15) is 9.90 Å². The van der Waals surface area contributed by atoms with Crippen molar-refractivity contribution in [2.45, 2.75) is 32.8 Å². The summed E-state index contributed by atoms with van der Waals surface area (Å²) >= 11 is 0. The second-order valence-electron chi connectivity index (χ2n) is 6.91. The Balaban J connectivity index is 1.76. The quantitative estimate of drug-likeness (QED) is 0.302. The van der Waals surface area contributed by atoms with E-state index in [0.717, 1.165) is 24.8 Å².